The van der Waals surface area contributed by atoms with Gasteiger partial charge in [0, 0.05) is 18.1 Å². The highest BCUT2D eigenvalue weighted by Gasteiger charge is 2.14. The second-order valence-corrected chi connectivity index (χ2v) is 2.98. The molecule has 0 unspecified atom stereocenters. The molecule has 1 rings (SSSR count). The van der Waals surface area contributed by atoms with Crippen LogP contribution in [-0.4, -0.2) is 22.5 Å². The van der Waals surface area contributed by atoms with Crippen molar-refractivity contribution in [3.63, 3.8) is 0 Å². The minimum atomic E-state index is 0.111. The topological polar surface area (TPSA) is 93.7 Å². The number of carbonyl (C=O) groups excluding carboxylic acids is 1. The first-order chi connectivity index (χ1) is 6.83. The Balaban J connectivity index is 2.85. The van der Waals surface area contributed by atoms with Gasteiger partial charge in [-0.3, -0.25) is 4.79 Å². The van der Waals surface area contributed by atoms with Gasteiger partial charge in [0.2, 0.25) is 6.41 Å². The summed E-state index contributed by atoms with van der Waals surface area (Å²) >= 11 is 0.959. The van der Waals surface area contributed by atoms with Crippen LogP contribution in [0.1, 0.15) is 12.1 Å². The Hall–Kier alpha value is -1.99. The highest BCUT2D eigenvalue weighted by molar-refractivity contribution is 7.10. The molecule has 1 heterocycles. The molecule has 0 fully saturated rings. The van der Waals surface area contributed by atoms with Crippen molar-refractivity contribution in [1.82, 2.24) is 9.59 Å². The van der Waals surface area contributed by atoms with Gasteiger partial charge in [-0.1, -0.05) is 4.49 Å². The molecule has 0 atom stereocenters. The third-order valence-electron chi connectivity index (χ3n) is 1.43. The largest absolute Gasteiger partial charge is 0.302 e. The van der Waals surface area contributed by atoms with Crippen LogP contribution in [0.25, 0.3) is 0 Å². The van der Waals surface area contributed by atoms with E-state index in [2.05, 4.69) is 9.59 Å². The smallest absolute Gasteiger partial charge is 0.214 e. The summed E-state index contributed by atoms with van der Waals surface area (Å²) in [5.74, 6) is 0. The normalized spacial score (nSPS) is 8.71. The molecule has 0 aliphatic rings. The van der Waals surface area contributed by atoms with E-state index in [0.29, 0.717) is 11.4 Å². The van der Waals surface area contributed by atoms with E-state index in [9.17, 15) is 4.79 Å². The highest BCUT2D eigenvalue weighted by atomic mass is 32.1. The van der Waals surface area contributed by atoms with Gasteiger partial charge in [0.25, 0.3) is 0 Å². The van der Waals surface area contributed by atoms with E-state index in [1.54, 1.807) is 0 Å². The lowest BCUT2D eigenvalue weighted by atomic mass is 10.4. The Labute approximate surface area is 84.2 Å². The molecule has 0 bridgehead atoms. The predicted octanol–water partition coefficient (Wildman–Crippen LogP) is 0.286. The molecule has 7 heteroatoms. The Morgan fingerprint density at radius 3 is 2.93 bits per heavy atom. The monoisotopic (exact) mass is 207 g/mol. The molecule has 0 aromatic carbocycles. The number of nitrogens with zero attached hydrogens (tertiary/aromatic N) is 5. The van der Waals surface area contributed by atoms with E-state index in [4.69, 9.17) is 10.5 Å². The maximum absolute atomic E-state index is 10.6. The molecule has 0 spiro atoms. The van der Waals surface area contributed by atoms with Crippen LogP contribution in [0.15, 0.2) is 0 Å². The van der Waals surface area contributed by atoms with Crippen molar-refractivity contribution >= 4 is 22.9 Å². The van der Waals surface area contributed by atoms with E-state index in [1.165, 1.54) is 4.90 Å². The fourth-order valence-corrected chi connectivity index (χ4v) is 1.43. The van der Waals surface area contributed by atoms with Crippen LogP contribution in [0, 0.1) is 22.7 Å². The Kier molecular flexibility index (Phi) is 3.53. The van der Waals surface area contributed by atoms with Gasteiger partial charge < -0.3 is 4.90 Å². The molecule has 1 amide bonds. The number of nitriles is 2. The lowest BCUT2D eigenvalue weighted by Gasteiger charge is -2.11. The average molecular weight is 207 g/mol. The number of carbonyl (C=O) groups is 1. The van der Waals surface area contributed by atoms with Crippen molar-refractivity contribution in [2.45, 2.75) is 6.42 Å². The average Bonchev–Trinajstić information content (AvgIpc) is 2.67. The number of anilines is 1. The van der Waals surface area contributed by atoms with Crippen LogP contribution in [0.5, 0.6) is 0 Å². The van der Waals surface area contributed by atoms with Gasteiger partial charge in [-0.2, -0.15) is 10.5 Å². The number of amides is 1. The van der Waals surface area contributed by atoms with Gasteiger partial charge in [0.15, 0.2) is 10.7 Å². The van der Waals surface area contributed by atoms with Crippen molar-refractivity contribution < 1.29 is 4.79 Å². The van der Waals surface area contributed by atoms with Crippen LogP contribution in [0.4, 0.5) is 5.00 Å². The molecule has 1 aromatic rings. The van der Waals surface area contributed by atoms with Crippen LogP contribution < -0.4 is 4.90 Å². The van der Waals surface area contributed by atoms with Crippen molar-refractivity contribution in [2.24, 2.45) is 0 Å². The zero-order valence-corrected chi connectivity index (χ0v) is 7.86. The summed E-state index contributed by atoms with van der Waals surface area (Å²) in [7, 11) is 0. The van der Waals surface area contributed by atoms with Crippen LogP contribution in [-0.2, 0) is 4.79 Å². The summed E-state index contributed by atoms with van der Waals surface area (Å²) in [5.41, 5.74) is 0.111. The van der Waals surface area contributed by atoms with Crippen molar-refractivity contribution in [3.05, 3.63) is 5.69 Å². The standard InChI is InChI=1S/C7H5N5OS/c8-2-1-3-12(5-13)7-6(4-9)10-11-14-7/h5H,1,3H2. The quantitative estimate of drug-likeness (QED) is 0.661. The second-order valence-electron chi connectivity index (χ2n) is 2.25. The lowest BCUT2D eigenvalue weighted by Crippen LogP contribution is -2.21. The molecule has 70 valence electrons. The number of aromatic nitrogens is 2. The summed E-state index contributed by atoms with van der Waals surface area (Å²) < 4.78 is 3.56. The molecular formula is C7H5N5OS. The van der Waals surface area contributed by atoms with Crippen molar-refractivity contribution in [1.29, 1.82) is 10.5 Å². The summed E-state index contributed by atoms with van der Waals surface area (Å²) in [6.07, 6.45) is 0.773. The first kappa shape index (κ1) is 10.1. The van der Waals surface area contributed by atoms with Crippen LogP contribution in [0.2, 0.25) is 0 Å². The zero-order chi connectivity index (χ0) is 10.4. The molecule has 0 saturated carbocycles. The van der Waals surface area contributed by atoms with Gasteiger partial charge >= 0.3 is 0 Å². The van der Waals surface area contributed by atoms with E-state index >= 15 is 0 Å². The van der Waals surface area contributed by atoms with E-state index in [-0.39, 0.29) is 18.7 Å². The van der Waals surface area contributed by atoms with Gasteiger partial charge in [-0.25, -0.2) is 0 Å². The minimum absolute atomic E-state index is 0.111. The van der Waals surface area contributed by atoms with Gasteiger partial charge in [0.05, 0.1) is 12.5 Å². The molecule has 14 heavy (non-hydrogen) atoms. The molecule has 0 aliphatic carbocycles. The summed E-state index contributed by atoms with van der Waals surface area (Å²) in [6, 6.07) is 3.73. The van der Waals surface area contributed by atoms with E-state index < -0.39 is 0 Å². The maximum Gasteiger partial charge on any atom is 0.214 e. The van der Waals surface area contributed by atoms with Crippen LogP contribution >= 0.6 is 11.5 Å². The zero-order valence-electron chi connectivity index (χ0n) is 7.04. The molecule has 1 aromatic heterocycles. The van der Waals surface area contributed by atoms with Crippen molar-refractivity contribution in [3.8, 4) is 12.1 Å². The van der Waals surface area contributed by atoms with Gasteiger partial charge in [-0.05, 0) is 0 Å². The Bertz CT molecular complexity index is 401. The van der Waals surface area contributed by atoms with Crippen molar-refractivity contribution in [2.75, 3.05) is 11.4 Å². The molecule has 0 aliphatic heterocycles. The lowest BCUT2D eigenvalue weighted by molar-refractivity contribution is -0.107. The second kappa shape index (κ2) is 4.90. The fourth-order valence-electron chi connectivity index (χ4n) is 0.817. The SMILES string of the molecule is N#CCCN(C=O)c1snnc1C#N. The summed E-state index contributed by atoms with van der Waals surface area (Å²) in [5, 5.41) is 20.9. The third-order valence-corrected chi connectivity index (χ3v) is 2.19. The number of hydrogen-bond donors (Lipinski definition) is 0. The minimum Gasteiger partial charge on any atom is -0.302 e. The number of rotatable bonds is 4. The highest BCUT2D eigenvalue weighted by Crippen LogP contribution is 2.20. The molecular weight excluding hydrogens is 202 g/mol. The first-order valence-corrected chi connectivity index (χ1v) is 4.42. The molecule has 0 saturated heterocycles. The van der Waals surface area contributed by atoms with E-state index in [0.717, 1.165) is 11.5 Å². The molecule has 0 radical (unpaired) electrons. The Morgan fingerprint density at radius 2 is 2.36 bits per heavy atom. The summed E-state index contributed by atoms with van der Waals surface area (Å²) in [4.78, 5) is 11.9. The van der Waals surface area contributed by atoms with Crippen LogP contribution in [0.3, 0.4) is 0 Å². The molecule has 0 N–H and O–H groups in total. The fraction of sp³-hybridized carbons (Fsp3) is 0.286. The summed E-state index contributed by atoms with van der Waals surface area (Å²) in [6.45, 7) is 0.249. The first-order valence-electron chi connectivity index (χ1n) is 3.64. The third kappa shape index (κ3) is 2.03. The number of hydrogen-bond acceptors (Lipinski definition) is 6. The Morgan fingerprint density at radius 1 is 1.57 bits per heavy atom. The van der Waals surface area contributed by atoms with E-state index in [1.807, 2.05) is 12.1 Å². The predicted molar refractivity (Wildman–Crippen MR) is 48.3 cm³/mol. The molecule has 6 nitrogen and oxygen atoms in total. The van der Waals surface area contributed by atoms with Gasteiger partial charge in [-0.15, -0.1) is 5.10 Å². The van der Waals surface area contributed by atoms with Gasteiger partial charge in [0.1, 0.15) is 6.07 Å². The maximum atomic E-state index is 10.6.